The third kappa shape index (κ3) is 15.7. The summed E-state index contributed by atoms with van der Waals surface area (Å²) in [7, 11) is 0. The van der Waals surface area contributed by atoms with E-state index in [1.165, 1.54) is 24.3 Å². The number of guanidine groups is 1. The molecule has 0 spiro atoms. The number of phenolic OH excluding ortho intramolecular Hbond substituents is 1. The minimum absolute atomic E-state index is 0.00472. The number of amides is 5. The quantitative estimate of drug-likeness (QED) is 0.0255. The topological polar surface area (TPSA) is 355 Å². The normalized spacial score (nSPS) is 14.6. The van der Waals surface area contributed by atoms with Gasteiger partial charge in [0.25, 0.3) is 0 Å². The molecule has 20 nitrogen and oxygen atoms in total. The number of carbonyl (C=O) groups is 6. The largest absolute Gasteiger partial charge is 0.508 e. The third-order valence-corrected chi connectivity index (χ3v) is 10.3. The van der Waals surface area contributed by atoms with Gasteiger partial charge in [0, 0.05) is 36.5 Å². The van der Waals surface area contributed by atoms with Crippen LogP contribution in [0.4, 0.5) is 0 Å². The maximum absolute atomic E-state index is 14.2. The van der Waals surface area contributed by atoms with Crippen LogP contribution in [-0.2, 0) is 41.6 Å². The molecule has 0 bridgehead atoms. The number of aliphatic hydroxyl groups excluding tert-OH is 1. The van der Waals surface area contributed by atoms with Gasteiger partial charge in [-0.3, -0.25) is 29.0 Å². The molecule has 61 heavy (non-hydrogen) atoms. The Labute approximate surface area is 354 Å². The number of hydrogen-bond acceptors (Lipinski definition) is 11. The molecule has 0 radical (unpaired) electrons. The molecule has 0 unspecified atom stereocenters. The van der Waals surface area contributed by atoms with Crippen LogP contribution >= 0.6 is 0 Å². The first kappa shape index (κ1) is 49.1. The minimum Gasteiger partial charge on any atom is -0.508 e. The number of unbranched alkanes of at least 4 members (excludes halogenated alkanes) is 1. The van der Waals surface area contributed by atoms with E-state index in [4.69, 9.17) is 22.9 Å². The number of carbonyl (C=O) groups excluding carboxylic acids is 5. The van der Waals surface area contributed by atoms with Crippen molar-refractivity contribution in [3.63, 3.8) is 0 Å². The lowest BCUT2D eigenvalue weighted by atomic mass is 9.98. The van der Waals surface area contributed by atoms with Crippen LogP contribution in [0.3, 0.4) is 0 Å². The first-order valence-corrected chi connectivity index (χ1v) is 20.3. The fourth-order valence-corrected chi connectivity index (χ4v) is 6.40. The highest BCUT2D eigenvalue weighted by molar-refractivity contribution is 5.97. The lowest BCUT2D eigenvalue weighted by Gasteiger charge is -2.27. The average molecular weight is 852 g/mol. The second-order valence-electron chi connectivity index (χ2n) is 14.9. The van der Waals surface area contributed by atoms with E-state index < -0.39 is 78.4 Å². The molecule has 5 amide bonds. The number of aromatic nitrogens is 1. The number of carboxylic acids is 1. The highest BCUT2D eigenvalue weighted by atomic mass is 16.4. The number of nitrogens with zero attached hydrogens (tertiary/aromatic N) is 1. The highest BCUT2D eigenvalue weighted by Gasteiger charge is 2.33. The molecule has 7 atom stereocenters. The van der Waals surface area contributed by atoms with Gasteiger partial charge in [0.1, 0.15) is 36.0 Å². The summed E-state index contributed by atoms with van der Waals surface area (Å²) in [4.78, 5) is 88.0. The van der Waals surface area contributed by atoms with Crippen LogP contribution in [0.1, 0.15) is 63.5 Å². The number of aliphatic imine (C=N–C) groups is 1. The molecule has 1 heterocycles. The standard InChI is InChI=1S/C41H61N11O9/c1-3-23(2)34(43)39(59)51-32(20-25-21-47-28-10-5-4-9-27(25)28)38(58)49-30(12-8-18-46-41(44)45)35(55)48-29(11-6-7-17-42)36(56)50-31(19-24-13-15-26(54)16-14-24)37(57)52-33(22-53)40(60)61/h4-5,9-10,13-16,21,23,29-34,47,53-54H,3,6-8,11-12,17-20,22,42-43H2,1-2H3,(H,48,55)(H,49,58)(H,50,56)(H,51,59)(H,52,57)(H,60,61)(H4,44,45,46)/t23-,29-,30-,31-,32-,33-,34-/m0/s1. The van der Waals surface area contributed by atoms with E-state index in [0.717, 1.165) is 16.5 Å². The van der Waals surface area contributed by atoms with Crippen LogP contribution in [-0.4, -0.2) is 118 Å². The number of aliphatic hydroxyl groups is 1. The van der Waals surface area contributed by atoms with Gasteiger partial charge in [-0.25, -0.2) is 4.79 Å². The van der Waals surface area contributed by atoms with Gasteiger partial charge in [0.2, 0.25) is 29.5 Å². The SMILES string of the molecule is CC[C@H](C)[C@H](N)C(=O)N[C@@H](Cc1c[nH]c2ccccc12)C(=O)N[C@@H](CCCN=C(N)N)C(=O)N[C@@H](CCCCN)C(=O)N[C@@H](Cc1ccc(O)cc1)C(=O)N[C@@H](CO)C(=O)O. The van der Waals surface area contributed by atoms with Gasteiger partial charge >= 0.3 is 5.97 Å². The number of nitrogens with two attached hydrogens (primary N) is 4. The Bertz CT molecular complexity index is 1950. The van der Waals surface area contributed by atoms with Gasteiger partial charge in [0.05, 0.1) is 12.6 Å². The van der Waals surface area contributed by atoms with Crippen molar-refractivity contribution in [3.8, 4) is 5.75 Å². The van der Waals surface area contributed by atoms with Crippen molar-refractivity contribution in [2.45, 2.75) is 101 Å². The summed E-state index contributed by atoms with van der Waals surface area (Å²) >= 11 is 0. The summed E-state index contributed by atoms with van der Waals surface area (Å²) in [5.41, 5.74) is 25.0. The number of aromatic amines is 1. The summed E-state index contributed by atoms with van der Waals surface area (Å²) in [6.07, 6.45) is 3.32. The molecule has 0 fully saturated rings. The number of aliphatic carboxylic acids is 1. The molecule has 0 aliphatic heterocycles. The van der Waals surface area contributed by atoms with E-state index in [-0.39, 0.29) is 62.8 Å². The first-order valence-electron chi connectivity index (χ1n) is 20.3. The zero-order valence-electron chi connectivity index (χ0n) is 34.6. The minimum atomic E-state index is -1.68. The molecular weight excluding hydrogens is 791 g/mol. The second-order valence-corrected chi connectivity index (χ2v) is 14.9. The number of hydrogen-bond donors (Lipinski definition) is 13. The first-order chi connectivity index (χ1) is 29.1. The summed E-state index contributed by atoms with van der Waals surface area (Å²) < 4.78 is 0. The fourth-order valence-electron chi connectivity index (χ4n) is 6.40. The van der Waals surface area contributed by atoms with Gasteiger partial charge in [-0.1, -0.05) is 50.6 Å². The number of carboxylic acid groups (broad SMARTS) is 1. The molecule has 1 aromatic heterocycles. The Morgan fingerprint density at radius 3 is 1.85 bits per heavy atom. The molecule has 0 aliphatic carbocycles. The number of aromatic hydroxyl groups is 1. The van der Waals surface area contributed by atoms with Crippen LogP contribution in [0.2, 0.25) is 0 Å². The van der Waals surface area contributed by atoms with E-state index in [1.807, 2.05) is 38.1 Å². The van der Waals surface area contributed by atoms with E-state index in [0.29, 0.717) is 24.8 Å². The lowest BCUT2D eigenvalue weighted by Crippen LogP contribution is -2.60. The predicted molar refractivity (Wildman–Crippen MR) is 228 cm³/mol. The highest BCUT2D eigenvalue weighted by Crippen LogP contribution is 2.20. The lowest BCUT2D eigenvalue weighted by molar-refractivity contribution is -0.143. The van der Waals surface area contributed by atoms with Crippen molar-refractivity contribution in [1.82, 2.24) is 31.6 Å². The summed E-state index contributed by atoms with van der Waals surface area (Å²) in [6.45, 7) is 3.16. The second kappa shape index (κ2) is 24.7. The number of para-hydroxylation sites is 1. The molecule has 2 aromatic carbocycles. The maximum Gasteiger partial charge on any atom is 0.328 e. The molecule has 0 aliphatic rings. The predicted octanol–water partition coefficient (Wildman–Crippen LogP) is -1.28. The zero-order valence-corrected chi connectivity index (χ0v) is 34.6. The molecule has 3 rings (SSSR count). The number of nitrogens with one attached hydrogen (secondary N) is 6. The molecule has 334 valence electrons. The summed E-state index contributed by atoms with van der Waals surface area (Å²) in [5, 5.41) is 42.6. The maximum atomic E-state index is 14.2. The Hall–Kier alpha value is -6.25. The Balaban J connectivity index is 1.94. The van der Waals surface area contributed by atoms with Crippen molar-refractivity contribution in [2.75, 3.05) is 19.7 Å². The summed E-state index contributed by atoms with van der Waals surface area (Å²) in [6, 6.07) is 5.43. The van der Waals surface area contributed by atoms with Crippen LogP contribution < -0.4 is 49.5 Å². The van der Waals surface area contributed by atoms with Gasteiger partial charge in [-0.15, -0.1) is 0 Å². The molecule has 3 aromatic rings. The van der Waals surface area contributed by atoms with E-state index >= 15 is 0 Å². The number of rotatable bonds is 26. The van der Waals surface area contributed by atoms with Crippen molar-refractivity contribution >= 4 is 52.4 Å². The monoisotopic (exact) mass is 851 g/mol. The van der Waals surface area contributed by atoms with Crippen LogP contribution in [0.5, 0.6) is 5.75 Å². The smallest absolute Gasteiger partial charge is 0.328 e. The van der Waals surface area contributed by atoms with Crippen LogP contribution in [0.15, 0.2) is 59.7 Å². The number of H-pyrrole nitrogens is 1. The third-order valence-electron chi connectivity index (χ3n) is 10.3. The van der Waals surface area contributed by atoms with E-state index in [1.54, 1.807) is 6.20 Å². The number of fused-ring (bicyclic) bond motifs is 1. The van der Waals surface area contributed by atoms with Gasteiger partial charge in [-0.2, -0.15) is 0 Å². The number of phenols is 1. The van der Waals surface area contributed by atoms with Crippen molar-refractivity contribution < 1.29 is 44.1 Å². The van der Waals surface area contributed by atoms with Gasteiger partial charge in [-0.05, 0) is 73.9 Å². The molecule has 0 saturated carbocycles. The Morgan fingerprint density at radius 1 is 0.738 bits per heavy atom. The van der Waals surface area contributed by atoms with Crippen LogP contribution in [0.25, 0.3) is 10.9 Å². The zero-order chi connectivity index (χ0) is 45.1. The Kier molecular flexibility index (Phi) is 19.9. The van der Waals surface area contributed by atoms with Gasteiger partial charge < -0.3 is 69.8 Å². The molecule has 20 heteroatoms. The van der Waals surface area contributed by atoms with E-state index in [2.05, 4.69) is 36.6 Å². The number of benzene rings is 2. The van der Waals surface area contributed by atoms with Gasteiger partial charge in [0.15, 0.2) is 5.96 Å². The fraction of sp³-hybridized carbons (Fsp3) is 0.488. The van der Waals surface area contributed by atoms with Crippen LogP contribution in [0, 0.1) is 5.92 Å². The van der Waals surface area contributed by atoms with Crippen molar-refractivity contribution in [2.24, 2.45) is 33.8 Å². The van der Waals surface area contributed by atoms with E-state index in [9.17, 15) is 44.1 Å². The Morgan fingerprint density at radius 2 is 1.28 bits per heavy atom. The summed E-state index contributed by atoms with van der Waals surface area (Å²) in [5.74, 6) is -5.72. The molecule has 17 N–H and O–H groups in total. The molecule has 0 saturated heterocycles. The average Bonchev–Trinajstić information content (AvgIpc) is 3.65. The van der Waals surface area contributed by atoms with Crippen molar-refractivity contribution in [3.05, 3.63) is 65.9 Å². The molecular formula is C41H61N11O9. The van der Waals surface area contributed by atoms with Crippen molar-refractivity contribution in [1.29, 1.82) is 0 Å².